The summed E-state index contributed by atoms with van der Waals surface area (Å²) in [5.41, 5.74) is 7.03. The minimum atomic E-state index is -3.46. The third-order valence-electron chi connectivity index (χ3n) is 18.0. The minimum Gasteiger partial charge on any atom is -0.466 e. The maximum atomic E-state index is 13.3. The van der Waals surface area contributed by atoms with Gasteiger partial charge in [-0.05, 0) is 113 Å². The molecule has 0 aliphatic carbocycles. The number of sulfone groups is 1. The standard InChI is InChI=1S/C64H76Cl2N12O8S/c1-40-32-44(35-78(40)57(80)21-22-58(81)84-6)75(5)62-49-24-29-77(37-53(49)69-64(71-62)85-38-43-14-11-27-72(43)2)55-18-10-15-47-46(19-20-51(66)60(47)55)42-33-45(74(4)34-42)39-86-63-68-52-36-76(54-17-9-13-41-12-8-16-50(65)59(41)54)28-23-48(52)61(70-63)73(3)30-26-67-56(79)25-31-87(7,82)83/h8-10,12-13,15-22,25,31,40,42-45H,11,14,23-24,26-30,32-39H2,1-7H3,(H,67,79)/b22-21+,31-25+/t40-,42?,43+,44-,45+/m1/s1. The van der Waals surface area contributed by atoms with Crippen LogP contribution in [0, 0.1) is 0 Å². The maximum absolute atomic E-state index is 13.3. The molecule has 5 aliphatic rings. The molecule has 2 aromatic heterocycles. The smallest absolute Gasteiger partial charge is 0.330 e. The van der Waals surface area contributed by atoms with E-state index < -0.39 is 21.7 Å². The number of aromatic nitrogens is 4. The number of nitrogens with one attached hydrogen (secondary N) is 1. The monoisotopic (exact) mass is 1240 g/mol. The van der Waals surface area contributed by atoms with E-state index in [1.165, 1.54) is 24.8 Å². The van der Waals surface area contributed by atoms with Crippen LogP contribution in [0.1, 0.15) is 66.6 Å². The normalized spacial score (nSPS) is 20.8. The van der Waals surface area contributed by atoms with Crippen LogP contribution in [0.3, 0.4) is 0 Å². The van der Waals surface area contributed by atoms with Crippen LogP contribution >= 0.6 is 23.2 Å². The Balaban J connectivity index is 0.824. The van der Waals surface area contributed by atoms with E-state index in [9.17, 15) is 22.8 Å². The average molecular weight is 1240 g/mol. The number of likely N-dealkylation sites (N-methyl/N-ethyl adjacent to an activating group) is 4. The molecule has 0 bridgehead atoms. The van der Waals surface area contributed by atoms with Gasteiger partial charge in [0, 0.05) is 141 Å². The number of esters is 1. The number of likely N-dealkylation sites (tertiary alicyclic amines) is 3. The van der Waals surface area contributed by atoms with Crippen molar-refractivity contribution in [2.75, 3.05) is 120 Å². The molecule has 7 heterocycles. The van der Waals surface area contributed by atoms with Gasteiger partial charge in [-0.3, -0.25) is 14.5 Å². The van der Waals surface area contributed by atoms with Crippen molar-refractivity contribution in [3.8, 4) is 12.0 Å². The molecule has 3 saturated heterocycles. The van der Waals surface area contributed by atoms with Gasteiger partial charge in [0.05, 0.1) is 41.6 Å². The molecule has 1 unspecified atom stereocenters. The summed E-state index contributed by atoms with van der Waals surface area (Å²) in [4.78, 5) is 73.4. The molecular weight excluding hydrogens is 1170 g/mol. The molecule has 2 amide bonds. The highest BCUT2D eigenvalue weighted by Crippen LogP contribution is 2.43. The fourth-order valence-electron chi connectivity index (χ4n) is 13.2. The highest BCUT2D eigenvalue weighted by molar-refractivity contribution is 7.93. The van der Waals surface area contributed by atoms with Crippen LogP contribution in [0.15, 0.2) is 90.4 Å². The number of fused-ring (bicyclic) bond motifs is 4. The predicted molar refractivity (Wildman–Crippen MR) is 341 cm³/mol. The number of anilines is 4. The molecule has 0 radical (unpaired) electrons. The number of halogens is 2. The number of nitrogens with zero attached hydrogens (tertiary/aromatic N) is 11. The lowest BCUT2D eigenvalue weighted by atomic mass is 9.90. The zero-order chi connectivity index (χ0) is 61.3. The SMILES string of the molecule is COC(=O)/C=C/C(=O)N1C[C@H](N(C)c2nc(OC[C@@H]3CCCN3C)nc3c2CCN(c2cccc4c(C5C[C@@H](COc6nc7c(c(N(C)CCNC(=O)/C=C/S(C)(=O)=O)n6)CCN(c6cccc8cccc(Cl)c68)C7)N(C)C5)ccc(Cl)c24)C3)C[C@H]1C. The number of carbonyl (C=O) groups excluding carboxylic acids is 3. The summed E-state index contributed by atoms with van der Waals surface area (Å²) >= 11 is 14.1. The van der Waals surface area contributed by atoms with E-state index in [2.05, 4.69) is 86.4 Å². The molecule has 460 valence electrons. The highest BCUT2D eigenvalue weighted by Gasteiger charge is 2.38. The third kappa shape index (κ3) is 13.6. The fraction of sp³-hybridized carbons (Fsp3) is 0.453. The molecule has 4 aromatic carbocycles. The zero-order valence-corrected chi connectivity index (χ0v) is 52.7. The number of benzene rings is 4. The lowest BCUT2D eigenvalue weighted by Crippen LogP contribution is -2.39. The minimum absolute atomic E-state index is 0.0322. The van der Waals surface area contributed by atoms with Crippen LogP contribution in [-0.4, -0.2) is 186 Å². The van der Waals surface area contributed by atoms with Crippen LogP contribution in [-0.2, 0) is 54.9 Å². The van der Waals surface area contributed by atoms with E-state index in [0.29, 0.717) is 87.2 Å². The van der Waals surface area contributed by atoms with Gasteiger partial charge in [-0.1, -0.05) is 65.7 Å². The lowest BCUT2D eigenvalue weighted by molar-refractivity contribution is -0.135. The summed E-state index contributed by atoms with van der Waals surface area (Å²) < 4.78 is 41.2. The van der Waals surface area contributed by atoms with Gasteiger partial charge in [0.25, 0.3) is 0 Å². The lowest BCUT2D eigenvalue weighted by Gasteiger charge is -2.35. The van der Waals surface area contributed by atoms with E-state index in [1.807, 2.05) is 50.2 Å². The highest BCUT2D eigenvalue weighted by atomic mass is 35.5. The second kappa shape index (κ2) is 26.2. The summed E-state index contributed by atoms with van der Waals surface area (Å²) in [6.07, 6.45) is 9.54. The number of hydrogen-bond donors (Lipinski definition) is 1. The van der Waals surface area contributed by atoms with E-state index >= 15 is 0 Å². The second-order valence-electron chi connectivity index (χ2n) is 23.8. The third-order valence-corrected chi connectivity index (χ3v) is 19.3. The summed E-state index contributed by atoms with van der Waals surface area (Å²) in [7, 11) is 6.06. The summed E-state index contributed by atoms with van der Waals surface area (Å²) in [6, 6.07) is 23.6. The van der Waals surface area contributed by atoms with Crippen LogP contribution in [0.2, 0.25) is 10.0 Å². The number of methoxy groups -OCH3 is 1. The van der Waals surface area contributed by atoms with Crippen LogP contribution in [0.4, 0.5) is 23.0 Å². The molecule has 6 aromatic rings. The first kappa shape index (κ1) is 61.4. The predicted octanol–water partition coefficient (Wildman–Crippen LogP) is 7.61. The molecule has 0 spiro atoms. The maximum Gasteiger partial charge on any atom is 0.330 e. The topological polar surface area (TPSA) is 199 Å². The largest absolute Gasteiger partial charge is 0.466 e. The van der Waals surface area contributed by atoms with E-state index in [1.54, 1.807) is 4.90 Å². The van der Waals surface area contributed by atoms with Crippen LogP contribution in [0.5, 0.6) is 12.0 Å². The molecule has 20 nitrogen and oxygen atoms in total. The Morgan fingerprint density at radius 3 is 2.07 bits per heavy atom. The number of ether oxygens (including phenoxy) is 3. The molecule has 5 atom stereocenters. The van der Waals surface area contributed by atoms with E-state index in [0.717, 1.165) is 118 Å². The van der Waals surface area contributed by atoms with Gasteiger partial charge in [0.1, 0.15) is 24.8 Å². The van der Waals surface area contributed by atoms with Crippen molar-refractivity contribution in [3.05, 3.63) is 128 Å². The van der Waals surface area contributed by atoms with Crippen molar-refractivity contribution in [3.63, 3.8) is 0 Å². The van der Waals surface area contributed by atoms with Gasteiger partial charge in [-0.2, -0.15) is 19.9 Å². The van der Waals surface area contributed by atoms with Gasteiger partial charge in [0.15, 0.2) is 9.84 Å². The number of rotatable bonds is 19. The van der Waals surface area contributed by atoms with Gasteiger partial charge < -0.3 is 48.9 Å². The quantitative estimate of drug-likeness (QED) is 0.0613. The first-order valence-electron chi connectivity index (χ1n) is 29.8. The van der Waals surface area contributed by atoms with Crippen molar-refractivity contribution >= 4 is 95.4 Å². The van der Waals surface area contributed by atoms with Crippen molar-refractivity contribution in [1.82, 2.24) is 40.0 Å². The second-order valence-corrected chi connectivity index (χ2v) is 26.5. The van der Waals surface area contributed by atoms with E-state index in [-0.39, 0.29) is 48.5 Å². The van der Waals surface area contributed by atoms with Crippen molar-refractivity contribution in [2.45, 2.75) is 88.6 Å². The van der Waals surface area contributed by atoms with Crippen molar-refractivity contribution in [2.24, 2.45) is 0 Å². The molecule has 0 saturated carbocycles. The molecule has 87 heavy (non-hydrogen) atoms. The van der Waals surface area contributed by atoms with Gasteiger partial charge >= 0.3 is 18.0 Å². The Labute approximate surface area is 518 Å². The summed E-state index contributed by atoms with van der Waals surface area (Å²) in [6.45, 7) is 8.17. The first-order chi connectivity index (χ1) is 41.8. The molecule has 3 fully saturated rings. The van der Waals surface area contributed by atoms with Gasteiger partial charge in [-0.25, -0.2) is 13.2 Å². The number of amides is 2. The first-order valence-corrected chi connectivity index (χ1v) is 32.5. The average Bonchev–Trinajstić information content (AvgIpc) is 1.65. The zero-order valence-electron chi connectivity index (χ0n) is 50.4. The van der Waals surface area contributed by atoms with Crippen LogP contribution in [0.25, 0.3) is 21.5 Å². The van der Waals surface area contributed by atoms with Crippen molar-refractivity contribution in [1.29, 1.82) is 0 Å². The Kier molecular flexibility index (Phi) is 18.5. The summed E-state index contributed by atoms with van der Waals surface area (Å²) in [5, 5.41) is 9.16. The number of hydrogen-bond acceptors (Lipinski definition) is 18. The fourth-order valence-corrected chi connectivity index (χ4v) is 14.2. The van der Waals surface area contributed by atoms with Crippen LogP contribution < -0.4 is 34.4 Å². The number of carbonyl (C=O) groups is 3. The Morgan fingerprint density at radius 2 is 1.39 bits per heavy atom. The molecule has 5 aliphatic heterocycles. The van der Waals surface area contributed by atoms with Crippen molar-refractivity contribution < 1.29 is 37.0 Å². The molecular formula is C64H76Cl2N12O8S. The molecule has 11 rings (SSSR count). The van der Waals surface area contributed by atoms with Gasteiger partial charge in [-0.15, -0.1) is 0 Å². The Bertz CT molecular complexity index is 3770. The molecule has 23 heteroatoms. The Morgan fingerprint density at radius 1 is 0.747 bits per heavy atom. The summed E-state index contributed by atoms with van der Waals surface area (Å²) in [5.74, 6) is 0.354. The molecule has 1 N–H and O–H groups in total. The Hall–Kier alpha value is -7.30. The van der Waals surface area contributed by atoms with E-state index in [4.69, 9.17) is 57.3 Å². The van der Waals surface area contributed by atoms with Gasteiger partial charge in [0.2, 0.25) is 11.8 Å².